The number of methoxy groups -OCH3 is 1. The van der Waals surface area contributed by atoms with Crippen molar-refractivity contribution in [2.45, 2.75) is 20.4 Å². The number of benzene rings is 1. The Morgan fingerprint density at radius 2 is 2.22 bits per heavy atom. The highest BCUT2D eigenvalue weighted by Gasteiger charge is 2.11. The summed E-state index contributed by atoms with van der Waals surface area (Å²) in [5.41, 5.74) is 1.14. The second kappa shape index (κ2) is 7.40. The first-order valence-corrected chi connectivity index (χ1v) is 6.84. The van der Waals surface area contributed by atoms with Gasteiger partial charge in [-0.1, -0.05) is 22.9 Å². The van der Waals surface area contributed by atoms with Gasteiger partial charge in [-0.2, -0.15) is 5.26 Å². The molecule has 0 bridgehead atoms. The summed E-state index contributed by atoms with van der Waals surface area (Å²) in [6.07, 6.45) is 0. The van der Waals surface area contributed by atoms with Crippen LogP contribution in [0.3, 0.4) is 0 Å². The first kappa shape index (κ1) is 15.0. The van der Waals surface area contributed by atoms with E-state index in [9.17, 15) is 0 Å². The van der Waals surface area contributed by atoms with Crippen molar-refractivity contribution in [2.75, 3.05) is 20.2 Å². The van der Waals surface area contributed by atoms with Gasteiger partial charge in [0.2, 0.25) is 0 Å². The summed E-state index contributed by atoms with van der Waals surface area (Å²) >= 11 is 3.48. The van der Waals surface area contributed by atoms with Gasteiger partial charge in [0, 0.05) is 23.1 Å². The number of nitriles is 1. The zero-order valence-electron chi connectivity index (χ0n) is 11.1. The van der Waals surface area contributed by atoms with Gasteiger partial charge in [-0.25, -0.2) is 0 Å². The lowest BCUT2D eigenvalue weighted by Crippen LogP contribution is -2.27. The van der Waals surface area contributed by atoms with E-state index in [1.54, 1.807) is 7.11 Å². The van der Waals surface area contributed by atoms with Crippen LogP contribution in [0.1, 0.15) is 19.4 Å². The molecule has 0 heterocycles. The lowest BCUT2D eigenvalue weighted by molar-refractivity contribution is 0.256. The fraction of sp³-hybridized carbons (Fsp3) is 0.500. The van der Waals surface area contributed by atoms with E-state index in [1.807, 2.05) is 19.1 Å². The smallest absolute Gasteiger partial charge is 0.123 e. The SMILES string of the molecule is CCN(Cc1cc(Br)ccc1OC)CC(C)C#N. The summed E-state index contributed by atoms with van der Waals surface area (Å²) in [5.74, 6) is 0.935. The van der Waals surface area contributed by atoms with E-state index < -0.39 is 0 Å². The van der Waals surface area contributed by atoms with Crippen molar-refractivity contribution in [3.8, 4) is 11.8 Å². The highest BCUT2D eigenvalue weighted by molar-refractivity contribution is 9.10. The van der Waals surface area contributed by atoms with E-state index in [0.717, 1.165) is 35.4 Å². The summed E-state index contributed by atoms with van der Waals surface area (Å²) in [5, 5.41) is 8.88. The Balaban J connectivity index is 2.81. The van der Waals surface area contributed by atoms with E-state index in [0.29, 0.717) is 0 Å². The Kier molecular flexibility index (Phi) is 6.17. The second-order valence-corrected chi connectivity index (χ2v) is 5.23. The predicted octanol–water partition coefficient (Wildman–Crippen LogP) is 3.44. The number of halogens is 1. The van der Waals surface area contributed by atoms with E-state index in [-0.39, 0.29) is 5.92 Å². The lowest BCUT2D eigenvalue weighted by atomic mass is 10.1. The second-order valence-electron chi connectivity index (χ2n) is 4.31. The minimum Gasteiger partial charge on any atom is -0.496 e. The molecule has 0 aromatic heterocycles. The molecule has 1 aromatic carbocycles. The van der Waals surface area contributed by atoms with Crippen LogP contribution in [-0.4, -0.2) is 25.1 Å². The average Bonchev–Trinajstić information content (AvgIpc) is 2.38. The maximum atomic E-state index is 8.88. The van der Waals surface area contributed by atoms with Crippen molar-refractivity contribution >= 4 is 15.9 Å². The van der Waals surface area contributed by atoms with Crippen LogP contribution in [0.25, 0.3) is 0 Å². The van der Waals surface area contributed by atoms with Crippen LogP contribution in [0.2, 0.25) is 0 Å². The van der Waals surface area contributed by atoms with Gasteiger partial charge in [-0.3, -0.25) is 4.90 Å². The quantitative estimate of drug-likeness (QED) is 0.807. The maximum Gasteiger partial charge on any atom is 0.123 e. The van der Waals surface area contributed by atoms with Crippen molar-refractivity contribution in [1.29, 1.82) is 5.26 Å². The normalized spacial score (nSPS) is 12.2. The molecule has 0 fully saturated rings. The third kappa shape index (κ3) is 4.32. The highest BCUT2D eigenvalue weighted by Crippen LogP contribution is 2.24. The van der Waals surface area contributed by atoms with Gasteiger partial charge in [0.15, 0.2) is 0 Å². The van der Waals surface area contributed by atoms with Crippen molar-refractivity contribution in [2.24, 2.45) is 5.92 Å². The first-order valence-electron chi connectivity index (χ1n) is 6.05. The average molecular weight is 311 g/mol. The Morgan fingerprint density at radius 3 is 2.78 bits per heavy atom. The number of ether oxygens (including phenoxy) is 1. The van der Waals surface area contributed by atoms with E-state index in [1.165, 1.54) is 0 Å². The van der Waals surface area contributed by atoms with Crippen LogP contribution in [-0.2, 0) is 6.54 Å². The van der Waals surface area contributed by atoms with Crippen LogP contribution in [0.5, 0.6) is 5.75 Å². The van der Waals surface area contributed by atoms with Crippen LogP contribution in [0.4, 0.5) is 0 Å². The third-order valence-electron chi connectivity index (χ3n) is 2.84. The minimum atomic E-state index is 0.0445. The van der Waals surface area contributed by atoms with E-state index >= 15 is 0 Å². The molecule has 0 radical (unpaired) electrons. The van der Waals surface area contributed by atoms with E-state index in [2.05, 4.69) is 39.9 Å². The van der Waals surface area contributed by atoms with Gasteiger partial charge in [0.25, 0.3) is 0 Å². The molecule has 0 saturated heterocycles. The highest BCUT2D eigenvalue weighted by atomic mass is 79.9. The van der Waals surface area contributed by atoms with Crippen LogP contribution in [0, 0.1) is 17.2 Å². The Hall–Kier alpha value is -1.05. The van der Waals surface area contributed by atoms with Crippen molar-refractivity contribution in [1.82, 2.24) is 4.90 Å². The molecule has 1 aromatic rings. The van der Waals surface area contributed by atoms with Crippen LogP contribution < -0.4 is 4.74 Å². The maximum absolute atomic E-state index is 8.88. The topological polar surface area (TPSA) is 36.3 Å². The van der Waals surface area contributed by atoms with Crippen LogP contribution in [0.15, 0.2) is 22.7 Å². The predicted molar refractivity (Wildman–Crippen MR) is 76.4 cm³/mol. The molecule has 1 atom stereocenters. The summed E-state index contributed by atoms with van der Waals surface area (Å²) < 4.78 is 6.41. The van der Waals surface area contributed by atoms with Gasteiger partial charge in [-0.05, 0) is 31.7 Å². The molecule has 1 unspecified atom stereocenters. The summed E-state index contributed by atoms with van der Waals surface area (Å²) in [6, 6.07) is 8.27. The molecule has 0 aliphatic carbocycles. The molecule has 3 nitrogen and oxygen atoms in total. The molecule has 0 amide bonds. The minimum absolute atomic E-state index is 0.0445. The third-order valence-corrected chi connectivity index (χ3v) is 3.33. The number of rotatable bonds is 6. The molecular formula is C14H19BrN2O. The zero-order chi connectivity index (χ0) is 13.5. The first-order chi connectivity index (χ1) is 8.60. The van der Waals surface area contributed by atoms with Crippen LogP contribution >= 0.6 is 15.9 Å². The molecule has 0 aliphatic heterocycles. The van der Waals surface area contributed by atoms with Gasteiger partial charge >= 0.3 is 0 Å². The van der Waals surface area contributed by atoms with Crippen molar-refractivity contribution in [3.63, 3.8) is 0 Å². The monoisotopic (exact) mass is 310 g/mol. The number of hydrogen-bond acceptors (Lipinski definition) is 3. The summed E-state index contributed by atoms with van der Waals surface area (Å²) in [7, 11) is 1.68. The molecule has 1 rings (SSSR count). The largest absolute Gasteiger partial charge is 0.496 e. The Labute approximate surface area is 117 Å². The number of hydrogen-bond donors (Lipinski definition) is 0. The van der Waals surface area contributed by atoms with Gasteiger partial charge in [0.1, 0.15) is 5.75 Å². The fourth-order valence-electron chi connectivity index (χ4n) is 1.85. The molecular weight excluding hydrogens is 292 g/mol. The summed E-state index contributed by atoms with van der Waals surface area (Å²) in [6.45, 7) is 6.55. The van der Waals surface area contributed by atoms with Gasteiger partial charge in [0.05, 0.1) is 19.1 Å². The van der Waals surface area contributed by atoms with Crippen molar-refractivity contribution < 1.29 is 4.74 Å². The van der Waals surface area contributed by atoms with Gasteiger partial charge in [-0.15, -0.1) is 0 Å². The molecule has 98 valence electrons. The molecule has 0 N–H and O–H groups in total. The van der Waals surface area contributed by atoms with Crippen molar-refractivity contribution in [3.05, 3.63) is 28.2 Å². The fourth-order valence-corrected chi connectivity index (χ4v) is 2.25. The standard InChI is InChI=1S/C14H19BrN2O/c1-4-17(9-11(2)8-16)10-12-7-13(15)5-6-14(12)18-3/h5-7,11H,4,9-10H2,1-3H3. The Morgan fingerprint density at radius 1 is 1.50 bits per heavy atom. The number of nitrogens with zero attached hydrogens (tertiary/aromatic N) is 2. The zero-order valence-corrected chi connectivity index (χ0v) is 12.7. The van der Waals surface area contributed by atoms with E-state index in [4.69, 9.17) is 10.00 Å². The molecule has 0 spiro atoms. The van der Waals surface area contributed by atoms with Gasteiger partial charge < -0.3 is 4.74 Å². The molecule has 18 heavy (non-hydrogen) atoms. The molecule has 0 saturated carbocycles. The Bertz CT molecular complexity index is 428. The summed E-state index contributed by atoms with van der Waals surface area (Å²) in [4.78, 5) is 2.25. The molecule has 4 heteroatoms. The molecule has 0 aliphatic rings. The lowest BCUT2D eigenvalue weighted by Gasteiger charge is -2.22.